The smallest absolute Gasteiger partial charge is 0.326 e. The number of carbonyl (C=O) groups excluding carboxylic acids is 1. The van der Waals surface area contributed by atoms with Crippen molar-refractivity contribution in [2.75, 3.05) is 6.54 Å². The molecule has 1 aliphatic heterocycles. The molecule has 1 fully saturated rings. The normalized spacial score (nSPS) is 22.6. The Morgan fingerprint density at radius 1 is 1.45 bits per heavy atom. The summed E-state index contributed by atoms with van der Waals surface area (Å²) in [6, 6.07) is 3.32. The van der Waals surface area contributed by atoms with Gasteiger partial charge in [0.05, 0.1) is 10.0 Å². The van der Waals surface area contributed by atoms with Crippen LogP contribution in [-0.4, -0.2) is 34.5 Å². The molecule has 1 aromatic rings. The van der Waals surface area contributed by atoms with Crippen LogP contribution in [0.4, 0.5) is 4.39 Å². The van der Waals surface area contributed by atoms with Crippen molar-refractivity contribution >= 4 is 27.8 Å². The lowest BCUT2D eigenvalue weighted by Crippen LogP contribution is -2.52. The average molecular weight is 344 g/mol. The van der Waals surface area contributed by atoms with Crippen molar-refractivity contribution in [1.29, 1.82) is 0 Å². The summed E-state index contributed by atoms with van der Waals surface area (Å²) in [6.45, 7) is 2.20. The second-order valence-electron chi connectivity index (χ2n) is 5.00. The first-order chi connectivity index (χ1) is 9.43. The Kier molecular flexibility index (Phi) is 4.42. The number of amides is 1. The largest absolute Gasteiger partial charge is 0.480 e. The van der Waals surface area contributed by atoms with Gasteiger partial charge in [0.25, 0.3) is 5.91 Å². The van der Waals surface area contributed by atoms with Gasteiger partial charge in [-0.25, -0.2) is 9.18 Å². The van der Waals surface area contributed by atoms with E-state index in [9.17, 15) is 19.1 Å². The fourth-order valence-electron chi connectivity index (χ4n) is 2.62. The van der Waals surface area contributed by atoms with Crippen LogP contribution in [0.1, 0.15) is 30.1 Å². The summed E-state index contributed by atoms with van der Waals surface area (Å²) in [5, 5.41) is 9.32. The van der Waals surface area contributed by atoms with Crippen molar-refractivity contribution in [1.82, 2.24) is 4.90 Å². The Bertz CT molecular complexity index is 549. The summed E-state index contributed by atoms with van der Waals surface area (Å²) in [6.07, 6.45) is 1.52. The molecule has 0 aliphatic carbocycles. The van der Waals surface area contributed by atoms with Gasteiger partial charge in [0, 0.05) is 6.54 Å². The molecule has 2 rings (SSSR count). The van der Waals surface area contributed by atoms with Crippen molar-refractivity contribution in [2.45, 2.75) is 25.8 Å². The Morgan fingerprint density at radius 2 is 2.15 bits per heavy atom. The van der Waals surface area contributed by atoms with Crippen LogP contribution < -0.4 is 0 Å². The highest BCUT2D eigenvalue weighted by molar-refractivity contribution is 9.10. The zero-order valence-electron chi connectivity index (χ0n) is 11.0. The Labute approximate surface area is 124 Å². The number of carbonyl (C=O) groups is 2. The second kappa shape index (κ2) is 5.91. The van der Waals surface area contributed by atoms with Crippen molar-refractivity contribution in [3.05, 3.63) is 34.1 Å². The maximum absolute atomic E-state index is 13.5. The van der Waals surface area contributed by atoms with E-state index in [0.29, 0.717) is 6.54 Å². The van der Waals surface area contributed by atoms with Crippen LogP contribution in [0, 0.1) is 11.7 Å². The summed E-state index contributed by atoms with van der Waals surface area (Å²) in [7, 11) is 0. The van der Waals surface area contributed by atoms with Gasteiger partial charge in [0.2, 0.25) is 0 Å². The summed E-state index contributed by atoms with van der Waals surface area (Å²) < 4.78 is 13.6. The molecule has 0 aromatic heterocycles. The number of benzene rings is 1. The molecule has 1 N–H and O–H groups in total. The minimum absolute atomic E-state index is 0.0763. The SMILES string of the molecule is CC1CCCN(C(=O)c2cccc(F)c2Br)C1C(=O)O. The maximum Gasteiger partial charge on any atom is 0.326 e. The van der Waals surface area contributed by atoms with Crippen LogP contribution in [-0.2, 0) is 4.79 Å². The maximum atomic E-state index is 13.5. The van der Waals surface area contributed by atoms with E-state index in [0.717, 1.165) is 12.8 Å². The summed E-state index contributed by atoms with van der Waals surface area (Å²) in [5.74, 6) is -2.11. The van der Waals surface area contributed by atoms with Gasteiger partial charge in [0.1, 0.15) is 11.9 Å². The van der Waals surface area contributed by atoms with Crippen LogP contribution in [0.25, 0.3) is 0 Å². The summed E-state index contributed by atoms with van der Waals surface area (Å²) in [5.41, 5.74) is 0.158. The van der Waals surface area contributed by atoms with Crippen LogP contribution in [0.2, 0.25) is 0 Å². The molecule has 1 amide bonds. The summed E-state index contributed by atoms with van der Waals surface area (Å²) in [4.78, 5) is 25.2. The second-order valence-corrected chi connectivity index (χ2v) is 5.80. The van der Waals surface area contributed by atoms with E-state index in [1.54, 1.807) is 0 Å². The molecule has 0 bridgehead atoms. The van der Waals surface area contributed by atoms with Crippen molar-refractivity contribution in [3.8, 4) is 0 Å². The standard InChI is InChI=1S/C14H15BrFNO3/c1-8-4-3-7-17(12(8)14(19)20)13(18)9-5-2-6-10(16)11(9)15/h2,5-6,8,12H,3-4,7H2,1H3,(H,19,20). The molecule has 4 nitrogen and oxygen atoms in total. The number of piperidine rings is 1. The Balaban J connectivity index is 2.35. The number of carboxylic acid groups (broad SMARTS) is 1. The van der Waals surface area contributed by atoms with E-state index in [4.69, 9.17) is 0 Å². The molecule has 6 heteroatoms. The number of likely N-dealkylation sites (tertiary alicyclic amines) is 1. The van der Waals surface area contributed by atoms with Gasteiger partial charge in [-0.15, -0.1) is 0 Å². The Hall–Kier alpha value is -1.43. The van der Waals surface area contributed by atoms with Gasteiger partial charge < -0.3 is 10.0 Å². The van der Waals surface area contributed by atoms with Gasteiger partial charge in [-0.2, -0.15) is 0 Å². The first-order valence-electron chi connectivity index (χ1n) is 6.41. The molecule has 1 aliphatic rings. The lowest BCUT2D eigenvalue weighted by Gasteiger charge is -2.37. The highest BCUT2D eigenvalue weighted by Crippen LogP contribution is 2.28. The predicted molar refractivity (Wildman–Crippen MR) is 75.0 cm³/mol. The van der Waals surface area contributed by atoms with Gasteiger partial charge in [-0.3, -0.25) is 4.79 Å². The number of carboxylic acids is 1. The molecule has 0 radical (unpaired) electrons. The lowest BCUT2D eigenvalue weighted by molar-refractivity contribution is -0.145. The molecular formula is C14H15BrFNO3. The first kappa shape index (κ1) is 15.0. The molecule has 1 aromatic carbocycles. The number of rotatable bonds is 2. The third-order valence-corrected chi connectivity index (χ3v) is 4.44. The molecular weight excluding hydrogens is 329 g/mol. The number of hydrogen-bond donors (Lipinski definition) is 1. The van der Waals surface area contributed by atoms with E-state index in [1.165, 1.54) is 23.1 Å². The van der Waals surface area contributed by atoms with E-state index in [1.807, 2.05) is 6.92 Å². The van der Waals surface area contributed by atoms with Crippen LogP contribution in [0.3, 0.4) is 0 Å². The number of aliphatic carboxylic acids is 1. The van der Waals surface area contributed by atoms with Crippen molar-refractivity contribution < 1.29 is 19.1 Å². The highest BCUT2D eigenvalue weighted by atomic mass is 79.9. The topological polar surface area (TPSA) is 57.6 Å². The minimum atomic E-state index is -1.02. The third kappa shape index (κ3) is 2.70. The fourth-order valence-corrected chi connectivity index (χ4v) is 3.05. The van der Waals surface area contributed by atoms with E-state index in [-0.39, 0.29) is 16.0 Å². The Morgan fingerprint density at radius 3 is 2.80 bits per heavy atom. The molecule has 20 heavy (non-hydrogen) atoms. The highest BCUT2D eigenvalue weighted by Gasteiger charge is 2.37. The third-order valence-electron chi connectivity index (χ3n) is 3.63. The molecule has 0 saturated carbocycles. The zero-order chi connectivity index (χ0) is 14.9. The van der Waals surface area contributed by atoms with Crippen LogP contribution in [0.5, 0.6) is 0 Å². The molecule has 2 atom stereocenters. The van der Waals surface area contributed by atoms with E-state index in [2.05, 4.69) is 15.9 Å². The fraction of sp³-hybridized carbons (Fsp3) is 0.429. The first-order valence-corrected chi connectivity index (χ1v) is 7.20. The average Bonchev–Trinajstić information content (AvgIpc) is 2.40. The van der Waals surface area contributed by atoms with Crippen molar-refractivity contribution in [3.63, 3.8) is 0 Å². The molecule has 0 spiro atoms. The lowest BCUT2D eigenvalue weighted by atomic mass is 9.90. The summed E-state index contributed by atoms with van der Waals surface area (Å²) >= 11 is 3.05. The quantitative estimate of drug-likeness (QED) is 0.898. The van der Waals surface area contributed by atoms with E-state index < -0.39 is 23.7 Å². The van der Waals surface area contributed by atoms with Crippen molar-refractivity contribution in [2.24, 2.45) is 5.92 Å². The predicted octanol–water partition coefficient (Wildman–Crippen LogP) is 2.91. The van der Waals surface area contributed by atoms with Gasteiger partial charge in [-0.1, -0.05) is 13.0 Å². The molecule has 108 valence electrons. The van der Waals surface area contributed by atoms with Gasteiger partial charge >= 0.3 is 5.97 Å². The molecule has 1 heterocycles. The molecule has 2 unspecified atom stereocenters. The number of hydrogen-bond acceptors (Lipinski definition) is 2. The number of nitrogens with zero attached hydrogens (tertiary/aromatic N) is 1. The molecule has 1 saturated heterocycles. The monoisotopic (exact) mass is 343 g/mol. The number of halogens is 2. The zero-order valence-corrected chi connectivity index (χ0v) is 12.6. The van der Waals surface area contributed by atoms with Crippen LogP contribution in [0.15, 0.2) is 22.7 Å². The minimum Gasteiger partial charge on any atom is -0.480 e. The van der Waals surface area contributed by atoms with Gasteiger partial charge in [-0.05, 0) is 46.8 Å². The van der Waals surface area contributed by atoms with Crippen LogP contribution >= 0.6 is 15.9 Å². The van der Waals surface area contributed by atoms with E-state index >= 15 is 0 Å². The van der Waals surface area contributed by atoms with Gasteiger partial charge in [0.15, 0.2) is 0 Å².